The first-order valence-corrected chi connectivity index (χ1v) is 3.61. The summed E-state index contributed by atoms with van der Waals surface area (Å²) in [5.41, 5.74) is 1.11. The first-order chi connectivity index (χ1) is 4.18. The number of allylic oxidation sites excluding steroid dienone is 2. The lowest BCUT2D eigenvalue weighted by atomic mass is 10.3. The molecule has 1 N–H and O–H groups in total. The Kier molecular flexibility index (Phi) is 4.57. The molecule has 0 saturated carbocycles. The summed E-state index contributed by atoms with van der Waals surface area (Å²) in [5.74, 6) is 0. The van der Waals surface area contributed by atoms with Gasteiger partial charge in [0, 0.05) is 6.21 Å². The zero-order valence-electron chi connectivity index (χ0n) is 5.48. The minimum atomic E-state index is 1.03. The second kappa shape index (κ2) is 4.67. The van der Waals surface area contributed by atoms with Crippen LogP contribution in [-0.2, 0) is 0 Å². The Morgan fingerprint density at radius 3 is 2.44 bits per heavy atom. The Morgan fingerprint density at radius 2 is 2.11 bits per heavy atom. The zero-order chi connectivity index (χ0) is 7.28. The van der Waals surface area contributed by atoms with Crippen molar-refractivity contribution in [3.63, 3.8) is 0 Å². The molecule has 0 aliphatic carbocycles. The maximum Gasteiger partial charge on any atom is 0.106 e. The average molecular weight is 236 g/mol. The van der Waals surface area contributed by atoms with Crippen molar-refractivity contribution < 1.29 is 0 Å². The summed E-state index contributed by atoms with van der Waals surface area (Å²) in [6, 6.07) is 0. The summed E-state index contributed by atoms with van der Waals surface area (Å²) >= 11 is 2.22. The Labute approximate surface area is 68.7 Å². The third kappa shape index (κ3) is 4.32. The van der Waals surface area contributed by atoms with E-state index in [9.17, 15) is 0 Å². The lowest BCUT2D eigenvalue weighted by Crippen LogP contribution is -1.78. The summed E-state index contributed by atoms with van der Waals surface area (Å²) in [4.78, 5) is 3.65. The van der Waals surface area contributed by atoms with Crippen molar-refractivity contribution in [3.8, 4) is 0 Å². The molecule has 0 heterocycles. The summed E-state index contributed by atoms with van der Waals surface area (Å²) in [7, 11) is 0. The third-order valence-electron chi connectivity index (χ3n) is 0.886. The van der Waals surface area contributed by atoms with Crippen LogP contribution in [0.3, 0.4) is 0 Å². The van der Waals surface area contributed by atoms with E-state index in [1.807, 2.05) is 13.8 Å². The van der Waals surface area contributed by atoms with E-state index >= 15 is 0 Å². The van der Waals surface area contributed by atoms with Crippen LogP contribution in [0, 0.1) is 5.41 Å². The van der Waals surface area contributed by atoms with E-state index in [1.54, 1.807) is 6.21 Å². The Balaban J connectivity index is 4.06. The normalized spacial score (nSPS) is 13.7. The molecule has 9 heavy (non-hydrogen) atoms. The zero-order valence-corrected chi connectivity index (χ0v) is 7.64. The maximum absolute atomic E-state index is 6.59. The molecule has 0 aromatic carbocycles. The molecule has 0 aliphatic rings. The van der Waals surface area contributed by atoms with Crippen molar-refractivity contribution in [2.75, 3.05) is 0 Å². The maximum atomic E-state index is 6.59. The summed E-state index contributed by atoms with van der Waals surface area (Å²) in [6.45, 7) is 3.97. The van der Waals surface area contributed by atoms with Gasteiger partial charge in [-0.1, -0.05) is 0 Å². The molecule has 0 bridgehead atoms. The predicted molar refractivity (Wildman–Crippen MR) is 49.7 cm³/mol. The van der Waals surface area contributed by atoms with Crippen molar-refractivity contribution in [3.05, 3.63) is 9.15 Å². The standard InChI is InChI=1S/C6H9IN2/c1-5(6(2)7)3-9-4-8/h3-4,8H,1-2H3/b6-5?,8-4?,9-3-. The van der Waals surface area contributed by atoms with Gasteiger partial charge < -0.3 is 0 Å². The van der Waals surface area contributed by atoms with Gasteiger partial charge >= 0.3 is 0 Å². The number of aliphatic imine (C=N–C) groups is 1. The first-order valence-electron chi connectivity index (χ1n) is 2.53. The molecule has 0 radical (unpaired) electrons. The van der Waals surface area contributed by atoms with Gasteiger partial charge in [-0.2, -0.15) is 0 Å². The van der Waals surface area contributed by atoms with Crippen LogP contribution >= 0.6 is 22.6 Å². The molecule has 0 aromatic heterocycles. The molecule has 0 spiro atoms. The van der Waals surface area contributed by atoms with E-state index in [0.717, 1.165) is 11.9 Å². The van der Waals surface area contributed by atoms with E-state index < -0.39 is 0 Å². The number of hydrogen-bond donors (Lipinski definition) is 1. The van der Waals surface area contributed by atoms with E-state index in [2.05, 4.69) is 27.6 Å². The van der Waals surface area contributed by atoms with Crippen LogP contribution in [0.4, 0.5) is 0 Å². The highest BCUT2D eigenvalue weighted by molar-refractivity contribution is 14.1. The molecule has 0 rings (SSSR count). The second-order valence-electron chi connectivity index (χ2n) is 1.62. The molecular formula is C6H9IN2. The van der Waals surface area contributed by atoms with Crippen LogP contribution < -0.4 is 0 Å². The molecule has 0 unspecified atom stereocenters. The topological polar surface area (TPSA) is 36.2 Å². The SMILES string of the molecule is CC(I)=C(C)/C=N\C=N. The van der Waals surface area contributed by atoms with Crippen LogP contribution in [0.15, 0.2) is 14.1 Å². The molecule has 50 valence electrons. The van der Waals surface area contributed by atoms with Gasteiger partial charge in [0.05, 0.1) is 0 Å². The molecule has 0 fully saturated rings. The van der Waals surface area contributed by atoms with Crippen molar-refractivity contribution in [1.29, 1.82) is 5.41 Å². The van der Waals surface area contributed by atoms with Gasteiger partial charge in [0.15, 0.2) is 0 Å². The number of nitrogens with zero attached hydrogens (tertiary/aromatic N) is 1. The van der Waals surface area contributed by atoms with Gasteiger partial charge in [-0.25, -0.2) is 4.99 Å². The fourth-order valence-corrected chi connectivity index (χ4v) is 0.377. The summed E-state index contributed by atoms with van der Waals surface area (Å²) in [5, 5.41) is 6.59. The summed E-state index contributed by atoms with van der Waals surface area (Å²) in [6.07, 6.45) is 2.71. The Hall–Kier alpha value is -0.190. The monoisotopic (exact) mass is 236 g/mol. The van der Waals surface area contributed by atoms with E-state index in [0.29, 0.717) is 0 Å². The van der Waals surface area contributed by atoms with Gasteiger partial charge in [0.2, 0.25) is 0 Å². The van der Waals surface area contributed by atoms with Crippen LogP contribution in [0.1, 0.15) is 13.8 Å². The smallest absolute Gasteiger partial charge is 0.106 e. The van der Waals surface area contributed by atoms with Gasteiger partial charge in [0.25, 0.3) is 0 Å². The molecule has 0 saturated heterocycles. The first kappa shape index (κ1) is 8.81. The van der Waals surface area contributed by atoms with Crippen LogP contribution in [0.25, 0.3) is 0 Å². The average Bonchev–Trinajstić information content (AvgIpc) is 1.82. The van der Waals surface area contributed by atoms with E-state index in [1.165, 1.54) is 3.58 Å². The minimum absolute atomic E-state index is 1.03. The fourth-order valence-electron chi connectivity index (χ4n) is 0.238. The minimum Gasteiger partial charge on any atom is -0.290 e. The second-order valence-corrected chi connectivity index (χ2v) is 3.24. The lowest BCUT2D eigenvalue weighted by Gasteiger charge is -1.89. The molecule has 0 atom stereocenters. The Morgan fingerprint density at radius 1 is 1.56 bits per heavy atom. The highest BCUT2D eigenvalue weighted by Crippen LogP contribution is 2.08. The van der Waals surface area contributed by atoms with Gasteiger partial charge in [-0.05, 0) is 45.6 Å². The Bertz CT molecular complexity index is 154. The molecule has 0 aliphatic heterocycles. The van der Waals surface area contributed by atoms with Crippen LogP contribution in [-0.4, -0.2) is 12.6 Å². The molecule has 2 nitrogen and oxygen atoms in total. The van der Waals surface area contributed by atoms with Crippen molar-refractivity contribution in [2.24, 2.45) is 4.99 Å². The molecule has 3 heteroatoms. The van der Waals surface area contributed by atoms with Crippen molar-refractivity contribution in [2.45, 2.75) is 13.8 Å². The van der Waals surface area contributed by atoms with Crippen molar-refractivity contribution in [1.82, 2.24) is 0 Å². The van der Waals surface area contributed by atoms with Crippen molar-refractivity contribution >= 4 is 35.1 Å². The molecule has 0 amide bonds. The third-order valence-corrected chi connectivity index (χ3v) is 1.74. The fraction of sp³-hybridized carbons (Fsp3) is 0.333. The van der Waals surface area contributed by atoms with E-state index in [4.69, 9.17) is 5.41 Å². The van der Waals surface area contributed by atoms with Gasteiger partial charge in [-0.15, -0.1) is 0 Å². The number of halogens is 1. The summed E-state index contributed by atoms with van der Waals surface area (Å²) < 4.78 is 1.21. The van der Waals surface area contributed by atoms with Gasteiger partial charge in [0.1, 0.15) is 6.34 Å². The quantitative estimate of drug-likeness (QED) is 0.434. The van der Waals surface area contributed by atoms with Gasteiger partial charge in [-0.3, -0.25) is 5.41 Å². The van der Waals surface area contributed by atoms with Crippen LogP contribution in [0.2, 0.25) is 0 Å². The number of hydrogen-bond acceptors (Lipinski definition) is 1. The predicted octanol–water partition coefficient (Wildman–Crippen LogP) is 2.39. The lowest BCUT2D eigenvalue weighted by molar-refractivity contribution is 1.49. The highest BCUT2D eigenvalue weighted by Gasteiger charge is 1.84. The molecular weight excluding hydrogens is 227 g/mol. The molecule has 0 aromatic rings. The number of rotatable bonds is 2. The number of nitrogens with one attached hydrogen (secondary N) is 1. The highest BCUT2D eigenvalue weighted by atomic mass is 127. The largest absolute Gasteiger partial charge is 0.290 e. The van der Waals surface area contributed by atoms with Crippen LogP contribution in [0.5, 0.6) is 0 Å². The van der Waals surface area contributed by atoms with E-state index in [-0.39, 0.29) is 0 Å².